The summed E-state index contributed by atoms with van der Waals surface area (Å²) in [4.78, 5) is 24.9. The fourth-order valence-electron chi connectivity index (χ4n) is 5.86. The monoisotopic (exact) mass is 377 g/mol. The molecule has 1 aromatic carbocycles. The van der Waals surface area contributed by atoms with E-state index in [0.717, 1.165) is 31.4 Å². The zero-order chi connectivity index (χ0) is 19.2. The van der Waals surface area contributed by atoms with E-state index in [1.54, 1.807) is 6.92 Å². The highest BCUT2D eigenvalue weighted by atomic mass is 19.1. The van der Waals surface area contributed by atoms with Gasteiger partial charge in [0.15, 0.2) is 6.61 Å². The number of rotatable bonds is 5. The largest absolute Gasteiger partial charge is 0.455 e. The molecule has 5 rings (SSSR count). The van der Waals surface area contributed by atoms with Gasteiger partial charge in [0.2, 0.25) is 0 Å². The van der Waals surface area contributed by atoms with Crippen LogP contribution in [0.5, 0.6) is 0 Å². The van der Waals surface area contributed by atoms with Crippen molar-refractivity contribution in [1.29, 1.82) is 0 Å². The van der Waals surface area contributed by atoms with Crippen LogP contribution in [0, 0.1) is 34.8 Å². The van der Waals surface area contributed by atoms with Crippen LogP contribution in [0.3, 0.4) is 0 Å². The molecule has 0 aromatic heterocycles. The zero-order valence-electron chi connectivity index (χ0n) is 15.5. The van der Waals surface area contributed by atoms with E-state index in [4.69, 9.17) is 4.74 Å². The Bertz CT molecular complexity index is 729. The molecule has 0 unspecified atom stereocenters. The van der Waals surface area contributed by atoms with E-state index >= 15 is 0 Å². The van der Waals surface area contributed by atoms with Crippen LogP contribution in [-0.2, 0) is 14.3 Å². The zero-order valence-corrected chi connectivity index (χ0v) is 15.5. The van der Waals surface area contributed by atoms with Gasteiger partial charge in [0, 0.05) is 11.6 Å². The number of nitrogens with one attached hydrogen (secondary N) is 1. The smallest absolute Gasteiger partial charge is 0.312 e. The molecule has 1 aromatic rings. The molecule has 0 aliphatic heterocycles. The van der Waals surface area contributed by atoms with Gasteiger partial charge in [-0.1, -0.05) is 6.07 Å². The molecule has 4 aliphatic carbocycles. The first kappa shape index (κ1) is 18.4. The molecule has 1 amide bonds. The van der Waals surface area contributed by atoms with Crippen LogP contribution < -0.4 is 5.32 Å². The minimum absolute atomic E-state index is 0.192. The van der Waals surface area contributed by atoms with Crippen LogP contribution in [0.4, 0.5) is 8.78 Å². The molecule has 4 fully saturated rings. The summed E-state index contributed by atoms with van der Waals surface area (Å²) in [6.07, 6.45) is 6.35. The van der Waals surface area contributed by atoms with Crippen molar-refractivity contribution in [2.75, 3.05) is 6.61 Å². The average Bonchev–Trinajstić information content (AvgIpc) is 2.58. The van der Waals surface area contributed by atoms with Crippen LogP contribution in [0.2, 0.25) is 0 Å². The topological polar surface area (TPSA) is 55.4 Å². The van der Waals surface area contributed by atoms with Gasteiger partial charge in [0.25, 0.3) is 5.91 Å². The number of ether oxygens (including phenoxy) is 1. The van der Waals surface area contributed by atoms with Crippen molar-refractivity contribution in [2.24, 2.45) is 23.2 Å². The van der Waals surface area contributed by atoms with Crippen LogP contribution in [0.15, 0.2) is 18.2 Å². The lowest BCUT2D eigenvalue weighted by Crippen LogP contribution is -2.51. The Kier molecular flexibility index (Phi) is 4.68. The Balaban J connectivity index is 1.32. The van der Waals surface area contributed by atoms with E-state index in [1.807, 2.05) is 0 Å². The van der Waals surface area contributed by atoms with Crippen molar-refractivity contribution in [1.82, 2.24) is 5.32 Å². The Hall–Kier alpha value is -1.98. The van der Waals surface area contributed by atoms with Crippen molar-refractivity contribution in [2.45, 2.75) is 51.5 Å². The van der Waals surface area contributed by atoms with Crippen molar-refractivity contribution < 1.29 is 23.1 Å². The van der Waals surface area contributed by atoms with E-state index in [0.29, 0.717) is 17.8 Å². The summed E-state index contributed by atoms with van der Waals surface area (Å²) in [7, 11) is 0. The summed E-state index contributed by atoms with van der Waals surface area (Å²) in [5.41, 5.74) is -0.207. The number of esters is 1. The number of carbonyl (C=O) groups is 2. The van der Waals surface area contributed by atoms with E-state index in [9.17, 15) is 18.4 Å². The highest BCUT2D eigenvalue weighted by Crippen LogP contribution is 2.60. The van der Waals surface area contributed by atoms with Crippen molar-refractivity contribution in [3.05, 3.63) is 35.4 Å². The minimum Gasteiger partial charge on any atom is -0.455 e. The third kappa shape index (κ3) is 3.58. The molecular formula is C21H25F2NO3. The number of amides is 1. The van der Waals surface area contributed by atoms with Gasteiger partial charge >= 0.3 is 5.97 Å². The second kappa shape index (κ2) is 6.88. The molecule has 0 heterocycles. The highest BCUT2D eigenvalue weighted by Gasteiger charge is 2.55. The second-order valence-corrected chi connectivity index (χ2v) is 8.73. The van der Waals surface area contributed by atoms with E-state index in [-0.39, 0.29) is 18.1 Å². The molecule has 1 atom stereocenters. The average molecular weight is 377 g/mol. The Morgan fingerprint density at radius 2 is 1.74 bits per heavy atom. The van der Waals surface area contributed by atoms with E-state index in [2.05, 4.69) is 5.32 Å². The molecule has 4 saturated carbocycles. The molecule has 0 radical (unpaired) electrons. The first-order chi connectivity index (χ1) is 12.8. The first-order valence-electron chi connectivity index (χ1n) is 9.76. The molecular weight excluding hydrogens is 352 g/mol. The van der Waals surface area contributed by atoms with Gasteiger partial charge in [0.1, 0.15) is 11.6 Å². The van der Waals surface area contributed by atoms with Crippen molar-refractivity contribution in [3.8, 4) is 0 Å². The van der Waals surface area contributed by atoms with E-state index < -0.39 is 29.0 Å². The molecule has 1 N–H and O–H groups in total. The molecule has 6 heteroatoms. The lowest BCUT2D eigenvalue weighted by molar-refractivity contribution is -0.173. The van der Waals surface area contributed by atoms with Gasteiger partial charge in [-0.2, -0.15) is 0 Å². The van der Waals surface area contributed by atoms with E-state index in [1.165, 1.54) is 25.3 Å². The number of halogens is 2. The predicted octanol–water partition coefficient (Wildman–Crippen LogP) is 3.90. The normalized spacial score (nSPS) is 32.2. The summed E-state index contributed by atoms with van der Waals surface area (Å²) in [5, 5.41) is 2.61. The fourth-order valence-corrected chi connectivity index (χ4v) is 5.86. The van der Waals surface area contributed by atoms with Crippen LogP contribution in [-0.4, -0.2) is 18.5 Å². The lowest BCUT2D eigenvalue weighted by Gasteiger charge is -2.55. The maximum atomic E-state index is 13.8. The highest BCUT2D eigenvalue weighted by molar-refractivity contribution is 5.83. The number of hydrogen-bond donors (Lipinski definition) is 1. The Morgan fingerprint density at radius 3 is 2.30 bits per heavy atom. The Labute approximate surface area is 157 Å². The lowest BCUT2D eigenvalue weighted by atomic mass is 9.49. The summed E-state index contributed by atoms with van der Waals surface area (Å²) in [6, 6.07) is 2.59. The molecule has 4 aliphatic rings. The van der Waals surface area contributed by atoms with Gasteiger partial charge in [-0.25, -0.2) is 8.78 Å². The summed E-state index contributed by atoms with van der Waals surface area (Å²) < 4.78 is 32.2. The van der Waals surface area contributed by atoms with Crippen molar-refractivity contribution >= 4 is 11.9 Å². The fraction of sp³-hybridized carbons (Fsp3) is 0.619. The summed E-state index contributed by atoms with van der Waals surface area (Å²) in [6.45, 7) is 1.24. The first-order valence-corrected chi connectivity index (χ1v) is 9.76. The van der Waals surface area contributed by atoms with Crippen LogP contribution in [0.25, 0.3) is 0 Å². The summed E-state index contributed by atoms with van der Waals surface area (Å²) >= 11 is 0. The molecule has 4 bridgehead atoms. The van der Waals surface area contributed by atoms with Gasteiger partial charge in [-0.05, 0) is 69.3 Å². The standard InChI is InChI=1S/C21H25F2NO3/c1-12(17-3-2-16(22)7-18(17)23)24-19(25)11-27-20(26)21-8-13-4-14(9-21)6-15(5-13)10-21/h2-3,7,12-15H,4-6,8-11H2,1H3,(H,24,25)/t12-,13?,14?,15?,21?/m0/s1. The summed E-state index contributed by atoms with van der Waals surface area (Å²) in [5.74, 6) is -0.244. The molecule has 4 nitrogen and oxygen atoms in total. The maximum Gasteiger partial charge on any atom is 0.312 e. The number of hydrogen-bond acceptors (Lipinski definition) is 3. The third-order valence-corrected chi connectivity index (χ3v) is 6.61. The predicted molar refractivity (Wildman–Crippen MR) is 94.5 cm³/mol. The number of benzene rings is 1. The van der Waals surface area contributed by atoms with Crippen LogP contribution >= 0.6 is 0 Å². The molecule has 27 heavy (non-hydrogen) atoms. The quantitative estimate of drug-likeness (QED) is 0.792. The van der Waals surface area contributed by atoms with Gasteiger partial charge in [-0.3, -0.25) is 9.59 Å². The van der Waals surface area contributed by atoms with Gasteiger partial charge in [-0.15, -0.1) is 0 Å². The second-order valence-electron chi connectivity index (χ2n) is 8.73. The third-order valence-electron chi connectivity index (χ3n) is 6.61. The maximum absolute atomic E-state index is 13.8. The molecule has 0 saturated heterocycles. The minimum atomic E-state index is -0.714. The van der Waals surface area contributed by atoms with Gasteiger partial charge < -0.3 is 10.1 Å². The number of carbonyl (C=O) groups excluding carboxylic acids is 2. The van der Waals surface area contributed by atoms with Crippen molar-refractivity contribution in [3.63, 3.8) is 0 Å². The van der Waals surface area contributed by atoms with Gasteiger partial charge in [0.05, 0.1) is 11.5 Å². The molecule has 0 spiro atoms. The Morgan fingerprint density at radius 1 is 1.15 bits per heavy atom. The van der Waals surface area contributed by atoms with Crippen LogP contribution in [0.1, 0.15) is 57.1 Å². The molecule has 146 valence electrons. The SMILES string of the molecule is C[C@H](NC(=O)COC(=O)C12CC3CC(CC(C3)C1)C2)c1ccc(F)cc1F.